The Morgan fingerprint density at radius 3 is 2.33 bits per heavy atom. The quantitative estimate of drug-likeness (QED) is 0.841. The molecule has 1 saturated heterocycles. The van der Waals surface area contributed by atoms with E-state index in [0.29, 0.717) is 30.3 Å². The van der Waals surface area contributed by atoms with Crippen LogP contribution in [0.3, 0.4) is 0 Å². The summed E-state index contributed by atoms with van der Waals surface area (Å²) in [6.45, 7) is 2.87. The highest BCUT2D eigenvalue weighted by molar-refractivity contribution is 5.52. The summed E-state index contributed by atoms with van der Waals surface area (Å²) in [4.78, 5) is 12.5. The molecule has 21 heavy (non-hydrogen) atoms. The lowest BCUT2D eigenvalue weighted by Crippen LogP contribution is -2.47. The van der Waals surface area contributed by atoms with Crippen molar-refractivity contribution in [2.45, 2.75) is 0 Å². The van der Waals surface area contributed by atoms with Crippen molar-refractivity contribution in [1.29, 1.82) is 5.26 Å². The Labute approximate surface area is 122 Å². The number of anilines is 2. The minimum atomic E-state index is -0.349. The third-order valence-electron chi connectivity index (χ3n) is 3.53. The van der Waals surface area contributed by atoms with Crippen LogP contribution >= 0.6 is 0 Å². The van der Waals surface area contributed by atoms with Crippen LogP contribution in [0.25, 0.3) is 0 Å². The molecule has 1 aliphatic rings. The number of piperazine rings is 1. The summed E-state index contributed by atoms with van der Waals surface area (Å²) >= 11 is 0. The predicted octanol–water partition coefficient (Wildman–Crippen LogP) is 1.81. The zero-order valence-corrected chi connectivity index (χ0v) is 11.4. The molecule has 0 spiro atoms. The van der Waals surface area contributed by atoms with Crippen molar-refractivity contribution in [1.82, 2.24) is 9.97 Å². The van der Waals surface area contributed by atoms with Gasteiger partial charge in [-0.2, -0.15) is 5.26 Å². The van der Waals surface area contributed by atoms with Gasteiger partial charge in [0.15, 0.2) is 0 Å². The number of hydrogen-bond donors (Lipinski definition) is 0. The summed E-state index contributed by atoms with van der Waals surface area (Å²) < 4.78 is 14.0. The van der Waals surface area contributed by atoms with Gasteiger partial charge in [0.25, 0.3) is 0 Å². The molecule has 0 radical (unpaired) electrons. The Kier molecular flexibility index (Phi) is 3.65. The van der Waals surface area contributed by atoms with Gasteiger partial charge in [-0.15, -0.1) is 0 Å². The Hall–Kier alpha value is -2.68. The Morgan fingerprint density at radius 2 is 1.71 bits per heavy atom. The second-order valence-electron chi connectivity index (χ2n) is 4.80. The standard InChI is InChI=1S/C15H14FN5/c16-13-10-12(11-17)2-3-14(13)20-6-8-21(9-7-20)15-18-4-1-5-19-15/h1-5,10H,6-9H2. The second kappa shape index (κ2) is 5.75. The van der Waals surface area contributed by atoms with Crippen molar-refractivity contribution in [3.63, 3.8) is 0 Å². The molecule has 1 aliphatic heterocycles. The van der Waals surface area contributed by atoms with Gasteiger partial charge >= 0.3 is 0 Å². The first-order valence-electron chi connectivity index (χ1n) is 6.74. The van der Waals surface area contributed by atoms with E-state index in [4.69, 9.17) is 5.26 Å². The van der Waals surface area contributed by atoms with E-state index in [0.717, 1.165) is 13.1 Å². The summed E-state index contributed by atoms with van der Waals surface area (Å²) in [5, 5.41) is 8.77. The van der Waals surface area contributed by atoms with Gasteiger partial charge in [-0.1, -0.05) is 0 Å². The Balaban J connectivity index is 1.70. The lowest BCUT2D eigenvalue weighted by Gasteiger charge is -2.36. The largest absolute Gasteiger partial charge is 0.366 e. The normalized spacial score (nSPS) is 14.9. The smallest absolute Gasteiger partial charge is 0.225 e. The van der Waals surface area contributed by atoms with Gasteiger partial charge in [-0.05, 0) is 24.3 Å². The zero-order valence-electron chi connectivity index (χ0n) is 11.4. The minimum absolute atomic E-state index is 0.340. The molecule has 0 N–H and O–H groups in total. The van der Waals surface area contributed by atoms with E-state index < -0.39 is 0 Å². The average molecular weight is 283 g/mol. The molecule has 6 heteroatoms. The molecule has 2 aromatic rings. The van der Waals surface area contributed by atoms with Crippen molar-refractivity contribution in [3.05, 3.63) is 48.0 Å². The topological polar surface area (TPSA) is 56.1 Å². The molecule has 5 nitrogen and oxygen atoms in total. The Bertz CT molecular complexity index is 660. The van der Waals surface area contributed by atoms with Crippen LogP contribution in [-0.4, -0.2) is 36.1 Å². The lowest BCUT2D eigenvalue weighted by atomic mass is 10.2. The highest BCUT2D eigenvalue weighted by atomic mass is 19.1. The highest BCUT2D eigenvalue weighted by Crippen LogP contribution is 2.22. The Morgan fingerprint density at radius 1 is 1.05 bits per heavy atom. The zero-order chi connectivity index (χ0) is 14.7. The SMILES string of the molecule is N#Cc1ccc(N2CCN(c3ncccn3)CC2)c(F)c1. The maximum atomic E-state index is 14.0. The van der Waals surface area contributed by atoms with E-state index in [1.807, 2.05) is 11.0 Å². The first-order valence-corrected chi connectivity index (χ1v) is 6.74. The van der Waals surface area contributed by atoms with Crippen LogP contribution in [0, 0.1) is 17.1 Å². The molecule has 3 rings (SSSR count). The van der Waals surface area contributed by atoms with Gasteiger partial charge in [0.1, 0.15) is 5.82 Å². The number of aromatic nitrogens is 2. The highest BCUT2D eigenvalue weighted by Gasteiger charge is 2.21. The van der Waals surface area contributed by atoms with Gasteiger partial charge < -0.3 is 9.80 Å². The van der Waals surface area contributed by atoms with Crippen LogP contribution in [-0.2, 0) is 0 Å². The van der Waals surface area contributed by atoms with Gasteiger partial charge in [0.2, 0.25) is 5.95 Å². The van der Waals surface area contributed by atoms with Crippen LogP contribution in [0.1, 0.15) is 5.56 Å². The first-order chi connectivity index (χ1) is 10.3. The fraction of sp³-hybridized carbons (Fsp3) is 0.267. The van der Waals surface area contributed by atoms with Gasteiger partial charge in [0, 0.05) is 38.6 Å². The van der Waals surface area contributed by atoms with Crippen molar-refractivity contribution in [2.24, 2.45) is 0 Å². The fourth-order valence-corrected chi connectivity index (χ4v) is 2.43. The molecular weight excluding hydrogens is 269 g/mol. The number of nitriles is 1. The molecule has 0 bridgehead atoms. The lowest BCUT2D eigenvalue weighted by molar-refractivity contribution is 0.593. The van der Waals surface area contributed by atoms with Crippen LogP contribution in [0.4, 0.5) is 16.0 Å². The molecule has 0 saturated carbocycles. The fourth-order valence-electron chi connectivity index (χ4n) is 2.43. The second-order valence-corrected chi connectivity index (χ2v) is 4.80. The number of rotatable bonds is 2. The number of nitrogens with zero attached hydrogens (tertiary/aromatic N) is 5. The van der Waals surface area contributed by atoms with Crippen LogP contribution in [0.2, 0.25) is 0 Å². The van der Waals surface area contributed by atoms with Crippen molar-refractivity contribution < 1.29 is 4.39 Å². The summed E-state index contributed by atoms with van der Waals surface area (Å²) in [5.41, 5.74) is 0.884. The maximum absolute atomic E-state index is 14.0. The number of halogens is 1. The van der Waals surface area contributed by atoms with E-state index in [9.17, 15) is 4.39 Å². The third-order valence-corrected chi connectivity index (χ3v) is 3.53. The van der Waals surface area contributed by atoms with Crippen molar-refractivity contribution >= 4 is 11.6 Å². The molecule has 106 valence electrons. The summed E-state index contributed by atoms with van der Waals surface area (Å²) in [6, 6.07) is 8.32. The summed E-state index contributed by atoms with van der Waals surface area (Å²) in [6.07, 6.45) is 3.43. The first kappa shape index (κ1) is 13.3. The molecule has 0 amide bonds. The van der Waals surface area contributed by atoms with Crippen LogP contribution < -0.4 is 9.80 Å². The molecule has 0 aliphatic carbocycles. The predicted molar refractivity (Wildman–Crippen MR) is 77.6 cm³/mol. The van der Waals surface area contributed by atoms with E-state index in [2.05, 4.69) is 14.9 Å². The van der Waals surface area contributed by atoms with E-state index in [1.54, 1.807) is 30.6 Å². The van der Waals surface area contributed by atoms with Gasteiger partial charge in [-0.3, -0.25) is 0 Å². The summed E-state index contributed by atoms with van der Waals surface area (Å²) in [7, 11) is 0. The molecule has 1 fully saturated rings. The van der Waals surface area contributed by atoms with Gasteiger partial charge in [0.05, 0.1) is 17.3 Å². The number of benzene rings is 1. The van der Waals surface area contributed by atoms with Crippen molar-refractivity contribution in [3.8, 4) is 6.07 Å². The molecular formula is C15H14FN5. The van der Waals surface area contributed by atoms with Crippen LogP contribution in [0.15, 0.2) is 36.7 Å². The van der Waals surface area contributed by atoms with E-state index in [-0.39, 0.29) is 5.82 Å². The minimum Gasteiger partial charge on any atom is -0.366 e. The monoisotopic (exact) mass is 283 g/mol. The van der Waals surface area contributed by atoms with E-state index in [1.165, 1.54) is 6.07 Å². The van der Waals surface area contributed by atoms with Crippen molar-refractivity contribution in [2.75, 3.05) is 36.0 Å². The molecule has 0 atom stereocenters. The van der Waals surface area contributed by atoms with Gasteiger partial charge in [-0.25, -0.2) is 14.4 Å². The number of hydrogen-bond acceptors (Lipinski definition) is 5. The molecule has 1 aromatic carbocycles. The van der Waals surface area contributed by atoms with E-state index >= 15 is 0 Å². The van der Waals surface area contributed by atoms with Crippen LogP contribution in [0.5, 0.6) is 0 Å². The maximum Gasteiger partial charge on any atom is 0.225 e. The molecule has 0 unspecified atom stereocenters. The summed E-state index contributed by atoms with van der Waals surface area (Å²) in [5.74, 6) is 0.357. The average Bonchev–Trinajstić information content (AvgIpc) is 2.56. The molecule has 2 heterocycles. The third kappa shape index (κ3) is 2.77. The molecule has 1 aromatic heterocycles.